The number of hydrogen-bond acceptors (Lipinski definition) is 8. The molecule has 2 aliphatic rings. The Morgan fingerprint density at radius 3 is 2.87 bits per heavy atom. The predicted molar refractivity (Wildman–Crippen MR) is 109 cm³/mol. The van der Waals surface area contributed by atoms with E-state index in [0.717, 1.165) is 12.8 Å². The lowest BCUT2D eigenvalue weighted by Gasteiger charge is -2.38. The lowest BCUT2D eigenvalue weighted by Crippen LogP contribution is -2.55. The van der Waals surface area contributed by atoms with Gasteiger partial charge in [0.25, 0.3) is 0 Å². The predicted octanol–water partition coefficient (Wildman–Crippen LogP) is 2.33. The van der Waals surface area contributed by atoms with Crippen molar-refractivity contribution in [2.24, 2.45) is 0 Å². The number of phenols is 1. The molecule has 0 unspecified atom stereocenters. The minimum absolute atomic E-state index is 0.107. The molecule has 2 fully saturated rings. The van der Waals surface area contributed by atoms with E-state index in [-0.39, 0.29) is 34.5 Å². The summed E-state index contributed by atoms with van der Waals surface area (Å²) in [7, 11) is 1.80. The van der Waals surface area contributed by atoms with Gasteiger partial charge in [0, 0.05) is 25.2 Å². The minimum Gasteiger partial charge on any atom is -0.507 e. The fourth-order valence-electron chi connectivity index (χ4n) is 4.56. The number of anilines is 1. The van der Waals surface area contributed by atoms with Crippen LogP contribution in [0.15, 0.2) is 33.6 Å². The Morgan fingerprint density at radius 2 is 2.10 bits per heavy atom. The zero-order valence-electron chi connectivity index (χ0n) is 16.7. The molecule has 4 heterocycles. The number of nitrogens with zero attached hydrogens (tertiary/aromatic N) is 4. The van der Waals surface area contributed by atoms with Crippen molar-refractivity contribution in [1.29, 1.82) is 0 Å². The zero-order chi connectivity index (χ0) is 21.0. The van der Waals surface area contributed by atoms with E-state index in [9.17, 15) is 14.3 Å². The van der Waals surface area contributed by atoms with Crippen LogP contribution in [0.3, 0.4) is 0 Å². The van der Waals surface area contributed by atoms with Crippen LogP contribution in [-0.2, 0) is 0 Å². The first-order valence-corrected chi connectivity index (χ1v) is 10.0. The van der Waals surface area contributed by atoms with Crippen molar-refractivity contribution in [2.75, 3.05) is 11.9 Å². The van der Waals surface area contributed by atoms with Gasteiger partial charge < -0.3 is 19.7 Å². The van der Waals surface area contributed by atoms with Gasteiger partial charge in [-0.15, -0.1) is 10.2 Å². The Bertz CT molecular complexity index is 1170. The number of rotatable bonds is 3. The maximum atomic E-state index is 14.8. The Morgan fingerprint density at radius 1 is 1.27 bits per heavy atom. The average molecular weight is 411 g/mol. The summed E-state index contributed by atoms with van der Waals surface area (Å²) in [6, 6.07) is 4.19. The number of halogens is 1. The number of phenolic OH excluding ortho intramolecular Hbond substituents is 1. The van der Waals surface area contributed by atoms with Crippen LogP contribution in [0, 0.1) is 6.92 Å². The van der Waals surface area contributed by atoms with Crippen LogP contribution in [0.25, 0.3) is 22.4 Å². The minimum atomic E-state index is -0.981. The molecule has 2 bridgehead atoms. The number of piperidine rings is 1. The van der Waals surface area contributed by atoms with Crippen LogP contribution >= 0.6 is 0 Å². The third kappa shape index (κ3) is 3.09. The number of nitrogens with one attached hydrogen (secondary N) is 1. The molecule has 0 saturated carbocycles. The summed E-state index contributed by atoms with van der Waals surface area (Å²) in [6.45, 7) is 1.68. The van der Waals surface area contributed by atoms with E-state index in [2.05, 4.69) is 20.5 Å². The summed E-state index contributed by atoms with van der Waals surface area (Å²) in [6.07, 6.45) is 3.10. The maximum absolute atomic E-state index is 14.8. The van der Waals surface area contributed by atoms with Crippen molar-refractivity contribution in [3.05, 3.63) is 40.4 Å². The van der Waals surface area contributed by atoms with Gasteiger partial charge in [0.15, 0.2) is 17.1 Å². The molecular formula is C21H22FN5O3. The zero-order valence-corrected chi connectivity index (χ0v) is 16.7. The highest BCUT2D eigenvalue weighted by atomic mass is 19.1. The highest BCUT2D eigenvalue weighted by Gasteiger charge is 2.43. The second kappa shape index (κ2) is 7.02. The smallest absolute Gasteiger partial charge is 0.193 e. The van der Waals surface area contributed by atoms with Gasteiger partial charge in [-0.05, 0) is 38.3 Å². The van der Waals surface area contributed by atoms with Gasteiger partial charge in [-0.25, -0.2) is 9.37 Å². The third-order valence-electron chi connectivity index (χ3n) is 6.17. The standard InChI is InChI=1S/C21H22FN5O3/c1-10-5-16(28)12-7-17(29)13(8-18(12)30-10)21-23-9-19(25-26-21)27(2)15-6-11-3-4-14(24-11)20(15)22/h5,7-9,11,14-15,20,24,29H,3-4,6H2,1-2H3/t11-,14+,15-,20+/m1/s1. The van der Waals surface area contributed by atoms with Crippen molar-refractivity contribution < 1.29 is 13.9 Å². The number of aromatic hydroxyl groups is 1. The number of benzene rings is 1. The Hall–Kier alpha value is -3.07. The van der Waals surface area contributed by atoms with Crippen LogP contribution in [0.5, 0.6) is 5.75 Å². The van der Waals surface area contributed by atoms with Crippen molar-refractivity contribution in [3.8, 4) is 17.1 Å². The van der Waals surface area contributed by atoms with Gasteiger partial charge in [-0.2, -0.15) is 0 Å². The first-order valence-electron chi connectivity index (χ1n) is 10.0. The van der Waals surface area contributed by atoms with Crippen LogP contribution in [0.4, 0.5) is 10.2 Å². The van der Waals surface area contributed by atoms with Gasteiger partial charge in [0.2, 0.25) is 0 Å². The van der Waals surface area contributed by atoms with E-state index in [4.69, 9.17) is 4.42 Å². The van der Waals surface area contributed by atoms with Crippen molar-refractivity contribution in [1.82, 2.24) is 20.5 Å². The molecule has 8 nitrogen and oxygen atoms in total. The number of fused-ring (bicyclic) bond motifs is 3. The maximum Gasteiger partial charge on any atom is 0.193 e. The average Bonchev–Trinajstić information content (AvgIpc) is 3.14. The molecule has 5 rings (SSSR count). The van der Waals surface area contributed by atoms with Gasteiger partial charge in [-0.3, -0.25) is 4.79 Å². The first kappa shape index (κ1) is 18.9. The van der Waals surface area contributed by atoms with Crippen LogP contribution in [0.1, 0.15) is 25.0 Å². The molecule has 4 atom stereocenters. The summed E-state index contributed by atoms with van der Waals surface area (Å²) >= 11 is 0. The summed E-state index contributed by atoms with van der Waals surface area (Å²) < 4.78 is 20.4. The lowest BCUT2D eigenvalue weighted by molar-refractivity contribution is 0.176. The number of aromatic nitrogens is 3. The van der Waals surface area contributed by atoms with Crippen molar-refractivity contribution in [3.63, 3.8) is 0 Å². The summed E-state index contributed by atoms with van der Waals surface area (Å²) in [5.74, 6) is 0.991. The molecule has 3 aromatic rings. The molecule has 2 saturated heterocycles. The fourth-order valence-corrected chi connectivity index (χ4v) is 4.56. The molecular weight excluding hydrogens is 389 g/mol. The third-order valence-corrected chi connectivity index (χ3v) is 6.17. The highest BCUT2D eigenvalue weighted by Crippen LogP contribution is 2.34. The van der Waals surface area contributed by atoms with Gasteiger partial charge in [-0.1, -0.05) is 0 Å². The van der Waals surface area contributed by atoms with Crippen molar-refractivity contribution in [2.45, 2.75) is 50.5 Å². The van der Waals surface area contributed by atoms with E-state index < -0.39 is 6.17 Å². The van der Waals surface area contributed by atoms with E-state index in [1.54, 1.807) is 18.9 Å². The van der Waals surface area contributed by atoms with Crippen LogP contribution in [0.2, 0.25) is 0 Å². The molecule has 2 aromatic heterocycles. The molecule has 30 heavy (non-hydrogen) atoms. The Labute approximate surface area is 171 Å². The number of aryl methyl sites for hydroxylation is 1. The monoisotopic (exact) mass is 411 g/mol. The molecule has 1 aromatic carbocycles. The van der Waals surface area contributed by atoms with Gasteiger partial charge in [0.05, 0.1) is 23.2 Å². The van der Waals surface area contributed by atoms with Crippen molar-refractivity contribution >= 4 is 16.8 Å². The van der Waals surface area contributed by atoms with Gasteiger partial charge >= 0.3 is 0 Å². The van der Waals surface area contributed by atoms with E-state index in [0.29, 0.717) is 35.2 Å². The Balaban J connectivity index is 1.45. The second-order valence-corrected chi connectivity index (χ2v) is 8.13. The largest absolute Gasteiger partial charge is 0.507 e. The quantitative estimate of drug-likeness (QED) is 0.677. The topological polar surface area (TPSA) is 104 Å². The molecule has 9 heteroatoms. The second-order valence-electron chi connectivity index (χ2n) is 8.13. The number of hydrogen-bond donors (Lipinski definition) is 2. The highest BCUT2D eigenvalue weighted by molar-refractivity contribution is 5.85. The molecule has 0 amide bonds. The molecule has 0 radical (unpaired) electrons. The Kier molecular flexibility index (Phi) is 4.43. The summed E-state index contributed by atoms with van der Waals surface area (Å²) in [5, 5.41) is 22.3. The van der Waals surface area contributed by atoms with Crippen LogP contribution in [-0.4, -0.2) is 51.6 Å². The van der Waals surface area contributed by atoms with Gasteiger partial charge in [0.1, 0.15) is 23.3 Å². The molecule has 2 aliphatic heterocycles. The van der Waals surface area contributed by atoms with E-state index in [1.165, 1.54) is 24.4 Å². The van der Waals surface area contributed by atoms with E-state index >= 15 is 0 Å². The lowest BCUT2D eigenvalue weighted by atomic mass is 9.96. The molecule has 156 valence electrons. The van der Waals surface area contributed by atoms with Crippen LogP contribution < -0.4 is 15.6 Å². The first-order chi connectivity index (χ1) is 14.4. The SMILES string of the molecule is Cc1cc(=O)c2cc(O)c(-c3ncc(N(C)[C@@H]4C[C@H]5CC[C@H](N5)[C@@H]4F)nn3)cc2o1. The number of alkyl halides is 1. The molecule has 0 spiro atoms. The molecule has 0 aliphatic carbocycles. The normalized spacial score (nSPS) is 25.6. The summed E-state index contributed by atoms with van der Waals surface area (Å²) in [5.41, 5.74) is 0.410. The van der Waals surface area contributed by atoms with E-state index in [1.807, 2.05) is 0 Å². The molecule has 2 N–H and O–H groups in total. The fraction of sp³-hybridized carbons (Fsp3) is 0.429. The summed E-state index contributed by atoms with van der Waals surface area (Å²) in [4.78, 5) is 18.2.